The molecule has 2 heterocycles. The Kier molecular flexibility index (Phi) is 9.31. The van der Waals surface area contributed by atoms with Crippen LogP contribution in [-0.4, -0.2) is 38.8 Å². The van der Waals surface area contributed by atoms with Gasteiger partial charge in [0.05, 0.1) is 6.54 Å². The molecule has 6 nitrogen and oxygen atoms in total. The van der Waals surface area contributed by atoms with E-state index in [2.05, 4.69) is 15.6 Å². The second-order valence-corrected chi connectivity index (χ2v) is 9.89. The van der Waals surface area contributed by atoms with Crippen molar-refractivity contribution in [3.63, 3.8) is 0 Å². The molecule has 0 saturated carbocycles. The summed E-state index contributed by atoms with van der Waals surface area (Å²) in [5, 5.41) is 6.20. The summed E-state index contributed by atoms with van der Waals surface area (Å²) in [6, 6.07) is 10.1. The molecule has 0 radical (unpaired) electrons. The summed E-state index contributed by atoms with van der Waals surface area (Å²) < 4.78 is 41.1. The molecule has 0 aliphatic carbocycles. The smallest absolute Gasteiger partial charge is 0.252 e. The Morgan fingerprint density at radius 1 is 1.10 bits per heavy atom. The van der Waals surface area contributed by atoms with Gasteiger partial charge in [0, 0.05) is 37.1 Å². The van der Waals surface area contributed by atoms with E-state index in [1.807, 2.05) is 6.07 Å². The van der Waals surface area contributed by atoms with E-state index in [0.717, 1.165) is 24.1 Å². The molecular formula is C19H26FIN4O2S2. The summed E-state index contributed by atoms with van der Waals surface area (Å²) in [5.41, 5.74) is 0.552. The predicted molar refractivity (Wildman–Crippen MR) is 126 cm³/mol. The van der Waals surface area contributed by atoms with Crippen LogP contribution in [0.25, 0.3) is 0 Å². The molecule has 0 atom stereocenters. The van der Waals surface area contributed by atoms with Crippen LogP contribution in [0.5, 0.6) is 0 Å². The Labute approximate surface area is 192 Å². The first-order valence-electron chi connectivity index (χ1n) is 9.27. The Hall–Kier alpha value is -1.24. The highest BCUT2D eigenvalue weighted by molar-refractivity contribution is 14.0. The van der Waals surface area contributed by atoms with E-state index in [0.29, 0.717) is 41.9 Å². The predicted octanol–water partition coefficient (Wildman–Crippen LogP) is 3.55. The number of piperidine rings is 1. The van der Waals surface area contributed by atoms with Crippen LogP contribution in [0.3, 0.4) is 0 Å². The molecule has 2 N–H and O–H groups in total. The van der Waals surface area contributed by atoms with Crippen molar-refractivity contribution in [3.05, 3.63) is 52.7 Å². The number of nitrogens with zero attached hydrogens (tertiary/aromatic N) is 2. The maximum absolute atomic E-state index is 13.7. The number of halogens is 2. The second kappa shape index (κ2) is 11.2. The van der Waals surface area contributed by atoms with Crippen molar-refractivity contribution in [2.24, 2.45) is 4.99 Å². The van der Waals surface area contributed by atoms with Crippen molar-refractivity contribution in [1.29, 1.82) is 0 Å². The summed E-state index contributed by atoms with van der Waals surface area (Å²) in [4.78, 5) is 5.02. The zero-order valence-corrected chi connectivity index (χ0v) is 20.2. The average Bonchev–Trinajstić information content (AvgIpc) is 3.20. The van der Waals surface area contributed by atoms with Gasteiger partial charge in [-0.1, -0.05) is 24.6 Å². The largest absolute Gasteiger partial charge is 0.352 e. The fraction of sp³-hybridized carbons (Fsp3) is 0.421. The number of thiophene rings is 1. The van der Waals surface area contributed by atoms with Crippen LogP contribution in [0.15, 0.2) is 45.6 Å². The zero-order valence-electron chi connectivity index (χ0n) is 16.2. The van der Waals surface area contributed by atoms with Crippen LogP contribution >= 0.6 is 35.3 Å². The van der Waals surface area contributed by atoms with E-state index in [9.17, 15) is 12.8 Å². The number of nitrogens with one attached hydrogen (secondary N) is 2. The van der Waals surface area contributed by atoms with Gasteiger partial charge in [0.2, 0.25) is 0 Å². The van der Waals surface area contributed by atoms with Crippen molar-refractivity contribution in [1.82, 2.24) is 14.9 Å². The fourth-order valence-electron chi connectivity index (χ4n) is 3.04. The van der Waals surface area contributed by atoms with Crippen molar-refractivity contribution in [2.45, 2.75) is 36.6 Å². The number of aliphatic imine (C=N–C) groups is 1. The molecule has 0 amide bonds. The normalized spacial score (nSPS) is 15.6. The van der Waals surface area contributed by atoms with E-state index in [1.165, 1.54) is 17.4 Å². The fourth-order valence-corrected chi connectivity index (χ4v) is 6.00. The monoisotopic (exact) mass is 552 g/mol. The maximum Gasteiger partial charge on any atom is 0.252 e. The van der Waals surface area contributed by atoms with Gasteiger partial charge in [0.1, 0.15) is 10.0 Å². The van der Waals surface area contributed by atoms with Gasteiger partial charge in [-0.25, -0.2) is 12.8 Å². The van der Waals surface area contributed by atoms with Crippen molar-refractivity contribution < 1.29 is 12.8 Å². The third-order valence-corrected chi connectivity index (χ3v) is 8.06. The van der Waals surface area contributed by atoms with Gasteiger partial charge in [0.25, 0.3) is 10.0 Å². The molecule has 1 aliphatic heterocycles. The molecule has 1 saturated heterocycles. The molecule has 2 aromatic rings. The maximum atomic E-state index is 13.7. The van der Waals surface area contributed by atoms with E-state index < -0.39 is 10.0 Å². The molecule has 1 aromatic heterocycles. The Balaban J connectivity index is 0.00000300. The first kappa shape index (κ1) is 24.0. The number of guanidine groups is 1. The summed E-state index contributed by atoms with van der Waals surface area (Å²) in [5.74, 6) is 0.258. The van der Waals surface area contributed by atoms with Crippen LogP contribution in [0.2, 0.25) is 0 Å². The highest BCUT2D eigenvalue weighted by atomic mass is 127. The van der Waals surface area contributed by atoms with E-state index in [-0.39, 0.29) is 29.8 Å². The van der Waals surface area contributed by atoms with Gasteiger partial charge in [-0.15, -0.1) is 35.3 Å². The summed E-state index contributed by atoms with van der Waals surface area (Å²) in [6.07, 6.45) is 2.93. The lowest BCUT2D eigenvalue weighted by Crippen LogP contribution is -2.36. The molecule has 1 fully saturated rings. The SMILES string of the molecule is CN=C(NCc1ccc(S(=O)(=O)N2CCCCC2)s1)NCc1ccccc1F.I. The molecule has 1 aromatic carbocycles. The lowest BCUT2D eigenvalue weighted by Gasteiger charge is -2.25. The lowest BCUT2D eigenvalue weighted by atomic mass is 10.2. The molecule has 10 heteroatoms. The van der Waals surface area contributed by atoms with Crippen molar-refractivity contribution in [2.75, 3.05) is 20.1 Å². The average molecular weight is 552 g/mol. The molecule has 29 heavy (non-hydrogen) atoms. The third-order valence-electron chi connectivity index (χ3n) is 4.60. The Morgan fingerprint density at radius 2 is 1.79 bits per heavy atom. The molecule has 0 unspecified atom stereocenters. The van der Waals surface area contributed by atoms with Gasteiger partial charge in [-0.2, -0.15) is 4.31 Å². The molecule has 0 spiro atoms. The van der Waals surface area contributed by atoms with Crippen LogP contribution in [0.1, 0.15) is 29.7 Å². The quantitative estimate of drug-likeness (QED) is 0.327. The minimum atomic E-state index is -3.40. The van der Waals surface area contributed by atoms with Crippen LogP contribution in [0.4, 0.5) is 4.39 Å². The van der Waals surface area contributed by atoms with E-state index >= 15 is 0 Å². The zero-order chi connectivity index (χ0) is 20.0. The third kappa shape index (κ3) is 6.37. The van der Waals surface area contributed by atoms with E-state index in [1.54, 1.807) is 35.6 Å². The summed E-state index contributed by atoms with van der Waals surface area (Å²) >= 11 is 1.27. The first-order valence-corrected chi connectivity index (χ1v) is 11.5. The van der Waals surface area contributed by atoms with Crippen LogP contribution in [-0.2, 0) is 23.1 Å². The van der Waals surface area contributed by atoms with Gasteiger partial charge >= 0.3 is 0 Å². The number of sulfonamides is 1. The van der Waals surface area contributed by atoms with Crippen LogP contribution in [0, 0.1) is 5.82 Å². The Bertz CT molecular complexity index is 928. The number of rotatable bonds is 6. The molecular weight excluding hydrogens is 526 g/mol. The topological polar surface area (TPSA) is 73.8 Å². The first-order chi connectivity index (χ1) is 13.5. The minimum Gasteiger partial charge on any atom is -0.352 e. The van der Waals surface area contributed by atoms with E-state index in [4.69, 9.17) is 0 Å². The van der Waals surface area contributed by atoms with Crippen LogP contribution < -0.4 is 10.6 Å². The molecule has 3 rings (SSSR count). The van der Waals surface area contributed by atoms with Gasteiger partial charge in [-0.05, 0) is 31.0 Å². The van der Waals surface area contributed by atoms with Gasteiger partial charge in [-0.3, -0.25) is 4.99 Å². The Morgan fingerprint density at radius 3 is 2.48 bits per heavy atom. The lowest BCUT2D eigenvalue weighted by molar-refractivity contribution is 0.347. The molecule has 160 valence electrons. The summed E-state index contributed by atoms with van der Waals surface area (Å²) in [7, 11) is -1.76. The standard InChI is InChI=1S/C19H25FN4O2S2.HI/c1-21-19(22-13-15-7-3-4-8-17(15)20)23-14-16-9-10-18(27-16)28(25,26)24-11-5-2-6-12-24;/h3-4,7-10H,2,5-6,11-14H2,1H3,(H2,21,22,23);1H. The van der Waals surface area contributed by atoms with Crippen molar-refractivity contribution in [3.8, 4) is 0 Å². The number of benzene rings is 1. The molecule has 0 bridgehead atoms. The minimum absolute atomic E-state index is 0. The van der Waals surface area contributed by atoms with Crippen molar-refractivity contribution >= 4 is 51.3 Å². The van der Waals surface area contributed by atoms with Gasteiger partial charge in [0.15, 0.2) is 5.96 Å². The number of hydrogen-bond acceptors (Lipinski definition) is 4. The molecule has 1 aliphatic rings. The number of hydrogen-bond donors (Lipinski definition) is 2. The second-order valence-electron chi connectivity index (χ2n) is 6.56. The highest BCUT2D eigenvalue weighted by Gasteiger charge is 2.27. The van der Waals surface area contributed by atoms with Gasteiger partial charge < -0.3 is 10.6 Å². The highest BCUT2D eigenvalue weighted by Crippen LogP contribution is 2.27. The summed E-state index contributed by atoms with van der Waals surface area (Å²) in [6.45, 7) is 1.95.